The summed E-state index contributed by atoms with van der Waals surface area (Å²) in [5.41, 5.74) is 1.53. The minimum atomic E-state index is -0.381. The van der Waals surface area contributed by atoms with Crippen molar-refractivity contribution in [2.75, 3.05) is 0 Å². The first kappa shape index (κ1) is 14.6. The minimum Gasteiger partial charge on any atom is -0.310 e. The second-order valence-corrected chi connectivity index (χ2v) is 5.06. The Balaban J connectivity index is 2.64. The molecule has 0 atom stereocenters. The van der Waals surface area contributed by atoms with E-state index in [9.17, 15) is 10.1 Å². The normalized spacial score (nSPS) is 10.8. The Kier molecular flexibility index (Phi) is 4.49. The number of nitro benzene ring substituents is 1. The van der Waals surface area contributed by atoms with Gasteiger partial charge < -0.3 is 4.57 Å². The zero-order valence-corrected chi connectivity index (χ0v) is 12.9. The number of halogens is 1. The number of hydrogen-bond acceptors (Lipinski definition) is 4. The predicted octanol–water partition coefficient (Wildman–Crippen LogP) is 3.47. The molecular weight excluding hydrogens is 324 g/mol. The van der Waals surface area contributed by atoms with Crippen molar-refractivity contribution < 1.29 is 4.92 Å². The van der Waals surface area contributed by atoms with Gasteiger partial charge >= 0.3 is 0 Å². The van der Waals surface area contributed by atoms with E-state index >= 15 is 0 Å². The molecule has 0 unspecified atom stereocenters. The largest absolute Gasteiger partial charge is 0.310 e. The van der Waals surface area contributed by atoms with Gasteiger partial charge in [-0.25, -0.2) is 0 Å². The fourth-order valence-corrected chi connectivity index (χ4v) is 2.50. The number of hydrogen-bond donors (Lipinski definition) is 0. The molecule has 106 valence electrons. The summed E-state index contributed by atoms with van der Waals surface area (Å²) in [5.74, 6) is 1.33. The van der Waals surface area contributed by atoms with Crippen molar-refractivity contribution in [2.24, 2.45) is 0 Å². The second-order valence-electron chi connectivity index (χ2n) is 4.50. The maximum Gasteiger partial charge on any atom is 0.280 e. The average Bonchev–Trinajstić information content (AvgIpc) is 2.81. The summed E-state index contributed by atoms with van der Waals surface area (Å²) in [6, 6.07) is 5.03. The molecule has 1 aromatic heterocycles. The van der Waals surface area contributed by atoms with Gasteiger partial charge in [0.05, 0.1) is 15.8 Å². The van der Waals surface area contributed by atoms with E-state index in [2.05, 4.69) is 26.1 Å². The van der Waals surface area contributed by atoms with Crippen LogP contribution in [0.15, 0.2) is 18.2 Å². The third-order valence-corrected chi connectivity index (χ3v) is 3.49. The fraction of sp³-hybridized carbons (Fsp3) is 0.385. The molecule has 0 N–H and O–H groups in total. The van der Waals surface area contributed by atoms with E-state index in [0.29, 0.717) is 16.7 Å². The number of benzene rings is 1. The molecule has 0 radical (unpaired) electrons. The van der Waals surface area contributed by atoms with Crippen molar-refractivity contribution >= 4 is 21.6 Å². The molecule has 0 bridgehead atoms. The lowest BCUT2D eigenvalue weighted by Gasteiger charge is -2.08. The summed E-state index contributed by atoms with van der Waals surface area (Å²) in [6.45, 7) is 4.68. The van der Waals surface area contributed by atoms with Crippen LogP contribution in [-0.2, 0) is 11.9 Å². The highest BCUT2D eigenvalue weighted by Gasteiger charge is 2.21. The van der Waals surface area contributed by atoms with E-state index < -0.39 is 0 Å². The molecule has 2 aromatic rings. The molecule has 6 nitrogen and oxygen atoms in total. The highest BCUT2D eigenvalue weighted by atomic mass is 79.9. The van der Waals surface area contributed by atoms with Crippen LogP contribution in [0.2, 0.25) is 0 Å². The van der Waals surface area contributed by atoms with Crippen LogP contribution in [0.25, 0.3) is 11.4 Å². The fourth-order valence-electron chi connectivity index (χ4n) is 2.08. The molecule has 0 spiro atoms. The van der Waals surface area contributed by atoms with Crippen LogP contribution < -0.4 is 0 Å². The van der Waals surface area contributed by atoms with Crippen molar-refractivity contribution in [3.05, 3.63) is 39.7 Å². The Morgan fingerprint density at radius 3 is 2.75 bits per heavy atom. The number of nitrogens with zero attached hydrogens (tertiary/aromatic N) is 4. The van der Waals surface area contributed by atoms with Crippen molar-refractivity contribution in [3.63, 3.8) is 0 Å². The standard InChI is InChI=1S/C13H15BrN4O2/c1-3-6-17-12(8-14)15-16-13(17)10-7-9(2)4-5-11(10)18(19)20/h4-5,7H,3,6,8H2,1-2H3. The Morgan fingerprint density at radius 1 is 1.40 bits per heavy atom. The van der Waals surface area contributed by atoms with Crippen LogP contribution in [0, 0.1) is 17.0 Å². The smallest absolute Gasteiger partial charge is 0.280 e. The van der Waals surface area contributed by atoms with Crippen LogP contribution in [0.1, 0.15) is 24.7 Å². The van der Waals surface area contributed by atoms with Gasteiger partial charge in [0, 0.05) is 12.6 Å². The van der Waals surface area contributed by atoms with Crippen molar-refractivity contribution in [2.45, 2.75) is 32.1 Å². The molecule has 2 rings (SSSR count). The van der Waals surface area contributed by atoms with E-state index in [1.54, 1.807) is 12.1 Å². The number of aromatic nitrogens is 3. The maximum atomic E-state index is 11.2. The van der Waals surface area contributed by atoms with Gasteiger partial charge in [-0.2, -0.15) is 0 Å². The van der Waals surface area contributed by atoms with Gasteiger partial charge in [-0.15, -0.1) is 10.2 Å². The lowest BCUT2D eigenvalue weighted by Crippen LogP contribution is -2.05. The zero-order chi connectivity index (χ0) is 14.7. The molecule has 0 amide bonds. The summed E-state index contributed by atoms with van der Waals surface area (Å²) >= 11 is 3.37. The number of rotatable bonds is 5. The summed E-state index contributed by atoms with van der Waals surface area (Å²) in [7, 11) is 0. The number of aryl methyl sites for hydroxylation is 1. The Labute approximate surface area is 125 Å². The second kappa shape index (κ2) is 6.13. The topological polar surface area (TPSA) is 73.8 Å². The van der Waals surface area contributed by atoms with Gasteiger partial charge in [-0.3, -0.25) is 10.1 Å². The van der Waals surface area contributed by atoms with Gasteiger partial charge in [-0.1, -0.05) is 28.9 Å². The SMILES string of the molecule is CCCn1c(CBr)nnc1-c1cc(C)ccc1[N+](=O)[O-]. The number of alkyl halides is 1. The lowest BCUT2D eigenvalue weighted by molar-refractivity contribution is -0.384. The summed E-state index contributed by atoms with van der Waals surface area (Å²) in [6.07, 6.45) is 0.907. The quantitative estimate of drug-likeness (QED) is 0.475. The maximum absolute atomic E-state index is 11.2. The highest BCUT2D eigenvalue weighted by Crippen LogP contribution is 2.30. The molecule has 0 saturated heterocycles. The van der Waals surface area contributed by atoms with E-state index in [1.807, 2.05) is 18.4 Å². The predicted molar refractivity (Wildman–Crippen MR) is 79.8 cm³/mol. The molecule has 0 aliphatic carbocycles. The first-order valence-electron chi connectivity index (χ1n) is 6.32. The Bertz CT molecular complexity index is 639. The summed E-state index contributed by atoms with van der Waals surface area (Å²) in [4.78, 5) is 10.8. The van der Waals surface area contributed by atoms with Crippen LogP contribution in [0.3, 0.4) is 0 Å². The van der Waals surface area contributed by atoms with Gasteiger partial charge in [0.1, 0.15) is 5.82 Å². The highest BCUT2D eigenvalue weighted by molar-refractivity contribution is 9.08. The van der Waals surface area contributed by atoms with Crippen molar-refractivity contribution in [1.29, 1.82) is 0 Å². The third-order valence-electron chi connectivity index (χ3n) is 2.98. The average molecular weight is 339 g/mol. The van der Waals surface area contributed by atoms with Gasteiger partial charge in [0.15, 0.2) is 5.82 Å². The first-order valence-corrected chi connectivity index (χ1v) is 7.44. The molecule has 0 aliphatic heterocycles. The van der Waals surface area contributed by atoms with E-state index in [1.165, 1.54) is 6.07 Å². The van der Waals surface area contributed by atoms with Crippen molar-refractivity contribution in [1.82, 2.24) is 14.8 Å². The summed E-state index contributed by atoms with van der Waals surface area (Å²) < 4.78 is 1.93. The van der Waals surface area contributed by atoms with Gasteiger partial charge in [0.2, 0.25) is 0 Å². The molecule has 0 saturated carbocycles. The zero-order valence-electron chi connectivity index (χ0n) is 11.3. The molecule has 1 aromatic carbocycles. The number of nitro groups is 1. The molecular formula is C13H15BrN4O2. The van der Waals surface area contributed by atoms with Gasteiger partial charge in [0.25, 0.3) is 5.69 Å². The minimum absolute atomic E-state index is 0.0569. The van der Waals surface area contributed by atoms with E-state index in [-0.39, 0.29) is 10.6 Å². The molecule has 7 heteroatoms. The van der Waals surface area contributed by atoms with Crippen LogP contribution in [-0.4, -0.2) is 19.7 Å². The van der Waals surface area contributed by atoms with Crippen molar-refractivity contribution in [3.8, 4) is 11.4 Å². The van der Waals surface area contributed by atoms with E-state index in [0.717, 1.165) is 24.4 Å². The van der Waals surface area contributed by atoms with Crippen LogP contribution in [0.4, 0.5) is 5.69 Å². The molecule has 0 fully saturated rings. The summed E-state index contributed by atoms with van der Waals surface area (Å²) in [5, 5.41) is 20.0. The molecule has 20 heavy (non-hydrogen) atoms. The lowest BCUT2D eigenvalue weighted by atomic mass is 10.1. The molecule has 1 heterocycles. The molecule has 0 aliphatic rings. The van der Waals surface area contributed by atoms with Gasteiger partial charge in [-0.05, 0) is 25.0 Å². The van der Waals surface area contributed by atoms with Crippen LogP contribution in [0.5, 0.6) is 0 Å². The third kappa shape index (κ3) is 2.72. The van der Waals surface area contributed by atoms with E-state index in [4.69, 9.17) is 0 Å². The monoisotopic (exact) mass is 338 g/mol. The van der Waals surface area contributed by atoms with Crippen LogP contribution >= 0.6 is 15.9 Å². The Morgan fingerprint density at radius 2 is 2.15 bits per heavy atom. The Hall–Kier alpha value is -1.76. The first-order chi connectivity index (χ1) is 9.58.